The quantitative estimate of drug-likeness (QED) is 0.776. The first-order chi connectivity index (χ1) is 8.61. The molecule has 18 heavy (non-hydrogen) atoms. The van der Waals surface area contributed by atoms with Crippen LogP contribution in [0.25, 0.3) is 0 Å². The molecule has 2 aromatic rings. The fraction of sp³-hybridized carbons (Fsp3) is 0.308. The molecule has 0 aliphatic rings. The van der Waals surface area contributed by atoms with Crippen LogP contribution in [-0.2, 0) is 7.05 Å². The number of aromatic nitrogens is 2. The topological polar surface area (TPSA) is 51.8 Å². The number of methoxy groups -OCH3 is 1. The SMILES string of the molecule is COc1ccc(N=Nc2c(C)nn(C)c2C)cc1. The Morgan fingerprint density at radius 3 is 2.28 bits per heavy atom. The van der Waals surface area contributed by atoms with Crippen molar-refractivity contribution in [3.8, 4) is 5.75 Å². The summed E-state index contributed by atoms with van der Waals surface area (Å²) in [6.45, 7) is 3.90. The van der Waals surface area contributed by atoms with Gasteiger partial charge >= 0.3 is 0 Å². The molecule has 5 heteroatoms. The molecule has 1 aromatic heterocycles. The molecule has 0 saturated carbocycles. The average Bonchev–Trinajstić information content (AvgIpc) is 2.62. The van der Waals surface area contributed by atoms with Crippen molar-refractivity contribution in [2.45, 2.75) is 13.8 Å². The average molecular weight is 244 g/mol. The summed E-state index contributed by atoms with van der Waals surface area (Å²) >= 11 is 0. The molecule has 2 rings (SSSR count). The second-order valence-corrected chi connectivity index (χ2v) is 4.04. The highest BCUT2D eigenvalue weighted by atomic mass is 16.5. The van der Waals surface area contributed by atoms with Crippen molar-refractivity contribution in [2.75, 3.05) is 7.11 Å². The summed E-state index contributed by atoms with van der Waals surface area (Å²) in [6.07, 6.45) is 0. The van der Waals surface area contributed by atoms with Crippen molar-refractivity contribution in [3.63, 3.8) is 0 Å². The maximum absolute atomic E-state index is 5.09. The van der Waals surface area contributed by atoms with Crippen molar-refractivity contribution in [2.24, 2.45) is 17.3 Å². The van der Waals surface area contributed by atoms with E-state index in [1.807, 2.05) is 45.2 Å². The van der Waals surface area contributed by atoms with Gasteiger partial charge in [-0.05, 0) is 38.1 Å². The second kappa shape index (κ2) is 5.00. The van der Waals surface area contributed by atoms with Gasteiger partial charge in [-0.1, -0.05) is 0 Å². The largest absolute Gasteiger partial charge is 0.497 e. The zero-order valence-electron chi connectivity index (χ0n) is 11.0. The van der Waals surface area contributed by atoms with E-state index in [0.29, 0.717) is 0 Å². The van der Waals surface area contributed by atoms with Gasteiger partial charge in [0, 0.05) is 7.05 Å². The predicted octanol–water partition coefficient (Wildman–Crippen LogP) is 3.46. The number of nitrogens with zero attached hydrogens (tertiary/aromatic N) is 4. The lowest BCUT2D eigenvalue weighted by atomic mass is 10.3. The third-order valence-corrected chi connectivity index (χ3v) is 2.81. The molecule has 0 N–H and O–H groups in total. The smallest absolute Gasteiger partial charge is 0.129 e. The highest BCUT2D eigenvalue weighted by Gasteiger charge is 2.07. The lowest BCUT2D eigenvalue weighted by Gasteiger charge is -1.98. The summed E-state index contributed by atoms with van der Waals surface area (Å²) in [5, 5.41) is 12.7. The molecule has 0 fully saturated rings. The van der Waals surface area contributed by atoms with E-state index >= 15 is 0 Å². The maximum atomic E-state index is 5.09. The fourth-order valence-electron chi connectivity index (χ4n) is 1.66. The van der Waals surface area contributed by atoms with Crippen LogP contribution in [0, 0.1) is 13.8 Å². The van der Waals surface area contributed by atoms with Crippen LogP contribution in [0.4, 0.5) is 11.4 Å². The summed E-state index contributed by atoms with van der Waals surface area (Å²) in [5.41, 5.74) is 3.50. The van der Waals surface area contributed by atoms with Gasteiger partial charge in [0.2, 0.25) is 0 Å². The summed E-state index contributed by atoms with van der Waals surface area (Å²) in [4.78, 5) is 0. The minimum absolute atomic E-state index is 0.790. The number of rotatable bonds is 3. The molecular formula is C13H16N4O. The van der Waals surface area contributed by atoms with Gasteiger partial charge in [-0.2, -0.15) is 10.2 Å². The number of hydrogen-bond acceptors (Lipinski definition) is 4. The van der Waals surface area contributed by atoms with Gasteiger partial charge in [-0.25, -0.2) is 0 Å². The first-order valence-electron chi connectivity index (χ1n) is 5.68. The summed E-state index contributed by atoms with van der Waals surface area (Å²) in [7, 11) is 3.54. The highest BCUT2D eigenvalue weighted by Crippen LogP contribution is 2.25. The summed E-state index contributed by atoms with van der Waals surface area (Å²) < 4.78 is 6.89. The van der Waals surface area contributed by atoms with Crippen molar-refractivity contribution in [1.82, 2.24) is 9.78 Å². The van der Waals surface area contributed by atoms with E-state index < -0.39 is 0 Å². The minimum Gasteiger partial charge on any atom is -0.497 e. The number of azo groups is 1. The van der Waals surface area contributed by atoms with Gasteiger partial charge in [0.05, 0.1) is 24.2 Å². The Hall–Kier alpha value is -2.17. The predicted molar refractivity (Wildman–Crippen MR) is 69.9 cm³/mol. The molecule has 0 amide bonds. The Morgan fingerprint density at radius 2 is 1.78 bits per heavy atom. The van der Waals surface area contributed by atoms with Gasteiger partial charge in [0.1, 0.15) is 11.4 Å². The Labute approximate surface area is 106 Å². The van der Waals surface area contributed by atoms with Crippen molar-refractivity contribution >= 4 is 11.4 Å². The third kappa shape index (κ3) is 2.40. The van der Waals surface area contributed by atoms with E-state index in [2.05, 4.69) is 15.3 Å². The van der Waals surface area contributed by atoms with Crippen molar-refractivity contribution < 1.29 is 4.74 Å². The molecule has 0 aliphatic heterocycles. The maximum Gasteiger partial charge on any atom is 0.129 e. The number of ether oxygens (including phenoxy) is 1. The van der Waals surface area contributed by atoms with Crippen LogP contribution in [0.1, 0.15) is 11.4 Å². The van der Waals surface area contributed by atoms with E-state index in [0.717, 1.165) is 28.5 Å². The normalized spacial score (nSPS) is 11.1. The van der Waals surface area contributed by atoms with Crippen LogP contribution in [0.3, 0.4) is 0 Å². The molecule has 0 saturated heterocycles. The van der Waals surface area contributed by atoms with Crippen LogP contribution < -0.4 is 4.74 Å². The first-order valence-corrected chi connectivity index (χ1v) is 5.68. The van der Waals surface area contributed by atoms with Gasteiger partial charge in [0.15, 0.2) is 0 Å². The summed E-state index contributed by atoms with van der Waals surface area (Å²) in [6, 6.07) is 7.45. The lowest BCUT2D eigenvalue weighted by Crippen LogP contribution is -1.91. The van der Waals surface area contributed by atoms with Gasteiger partial charge in [-0.3, -0.25) is 4.68 Å². The van der Waals surface area contributed by atoms with Crippen LogP contribution in [0.5, 0.6) is 5.75 Å². The van der Waals surface area contributed by atoms with E-state index in [-0.39, 0.29) is 0 Å². The van der Waals surface area contributed by atoms with Gasteiger partial charge in [-0.15, -0.1) is 5.11 Å². The van der Waals surface area contributed by atoms with Crippen molar-refractivity contribution in [3.05, 3.63) is 35.7 Å². The second-order valence-electron chi connectivity index (χ2n) is 4.04. The molecule has 94 valence electrons. The van der Waals surface area contributed by atoms with E-state index in [4.69, 9.17) is 4.74 Å². The molecule has 0 unspecified atom stereocenters. The monoisotopic (exact) mass is 244 g/mol. The molecule has 1 heterocycles. The molecule has 0 spiro atoms. The molecular weight excluding hydrogens is 228 g/mol. The Bertz CT molecular complexity index is 569. The first kappa shape index (κ1) is 12.3. The zero-order valence-corrected chi connectivity index (χ0v) is 11.0. The Morgan fingerprint density at radius 1 is 1.11 bits per heavy atom. The van der Waals surface area contributed by atoms with E-state index in [1.165, 1.54) is 0 Å². The van der Waals surface area contributed by atoms with Crippen LogP contribution >= 0.6 is 0 Å². The molecule has 0 bridgehead atoms. The van der Waals surface area contributed by atoms with Gasteiger partial charge in [0.25, 0.3) is 0 Å². The standard InChI is InChI=1S/C13H16N4O/c1-9-13(10(2)17(3)16-9)15-14-11-5-7-12(18-4)8-6-11/h5-8H,1-4H3. The summed E-state index contributed by atoms with van der Waals surface area (Å²) in [5.74, 6) is 0.808. The lowest BCUT2D eigenvalue weighted by molar-refractivity contribution is 0.415. The molecule has 0 aliphatic carbocycles. The highest BCUT2D eigenvalue weighted by molar-refractivity contribution is 5.47. The molecule has 0 atom stereocenters. The van der Waals surface area contributed by atoms with Crippen LogP contribution in [0.2, 0.25) is 0 Å². The third-order valence-electron chi connectivity index (χ3n) is 2.81. The molecule has 0 radical (unpaired) electrons. The van der Waals surface area contributed by atoms with Crippen molar-refractivity contribution in [1.29, 1.82) is 0 Å². The van der Waals surface area contributed by atoms with Crippen LogP contribution in [-0.4, -0.2) is 16.9 Å². The minimum atomic E-state index is 0.790. The van der Waals surface area contributed by atoms with Crippen LogP contribution in [0.15, 0.2) is 34.5 Å². The molecule has 5 nitrogen and oxygen atoms in total. The van der Waals surface area contributed by atoms with E-state index in [9.17, 15) is 0 Å². The Balaban J connectivity index is 2.24. The Kier molecular flexibility index (Phi) is 3.41. The zero-order chi connectivity index (χ0) is 13.1. The number of aryl methyl sites for hydroxylation is 2. The number of hydrogen-bond donors (Lipinski definition) is 0. The molecule has 1 aromatic carbocycles. The fourth-order valence-corrected chi connectivity index (χ4v) is 1.66. The van der Waals surface area contributed by atoms with E-state index in [1.54, 1.807) is 11.8 Å². The van der Waals surface area contributed by atoms with Gasteiger partial charge < -0.3 is 4.74 Å². The number of benzene rings is 1.